The lowest BCUT2D eigenvalue weighted by molar-refractivity contribution is -0.151. The van der Waals surface area contributed by atoms with E-state index >= 15 is 0 Å². The molecule has 1 aromatic rings. The minimum atomic E-state index is -0.603. The Labute approximate surface area is 131 Å². The van der Waals surface area contributed by atoms with Gasteiger partial charge in [0.2, 0.25) is 0 Å². The third-order valence-corrected chi connectivity index (χ3v) is 3.35. The second-order valence-corrected chi connectivity index (χ2v) is 5.07. The van der Waals surface area contributed by atoms with E-state index in [0.717, 1.165) is 18.5 Å². The molecule has 0 bridgehead atoms. The molecular weight excluding hydrogens is 290 g/mol. The zero-order chi connectivity index (χ0) is 15.7. The van der Waals surface area contributed by atoms with Crippen LogP contribution in [0.4, 0.5) is 0 Å². The van der Waals surface area contributed by atoms with Crippen molar-refractivity contribution in [3.8, 4) is 5.75 Å². The molecule has 118 valence electrons. The highest BCUT2D eigenvalue weighted by molar-refractivity contribution is 6.31. The molecule has 1 aromatic carbocycles. The van der Waals surface area contributed by atoms with Crippen LogP contribution < -0.4 is 10.1 Å². The molecule has 0 heterocycles. The maximum Gasteiger partial charge on any atom is 0.347 e. The fourth-order valence-electron chi connectivity index (χ4n) is 1.90. The fourth-order valence-corrected chi connectivity index (χ4v) is 2.13. The predicted molar refractivity (Wildman–Crippen MR) is 84.8 cm³/mol. The summed E-state index contributed by atoms with van der Waals surface area (Å²) in [7, 11) is 0. The molecule has 0 aliphatic carbocycles. The van der Waals surface area contributed by atoms with Gasteiger partial charge >= 0.3 is 5.97 Å². The van der Waals surface area contributed by atoms with Crippen LogP contribution in [-0.4, -0.2) is 25.2 Å². The lowest BCUT2D eigenvalue weighted by atomic mass is 10.2. The van der Waals surface area contributed by atoms with E-state index in [2.05, 4.69) is 12.2 Å². The van der Waals surface area contributed by atoms with Gasteiger partial charge in [-0.1, -0.05) is 31.5 Å². The quantitative estimate of drug-likeness (QED) is 0.559. The second kappa shape index (κ2) is 9.64. The van der Waals surface area contributed by atoms with Crippen molar-refractivity contribution in [1.82, 2.24) is 5.32 Å². The number of nitrogens with one attached hydrogen (secondary N) is 1. The van der Waals surface area contributed by atoms with Crippen LogP contribution in [0, 0.1) is 0 Å². The van der Waals surface area contributed by atoms with E-state index in [9.17, 15) is 4.79 Å². The van der Waals surface area contributed by atoms with E-state index in [-0.39, 0.29) is 5.97 Å². The number of halogens is 1. The van der Waals surface area contributed by atoms with Crippen molar-refractivity contribution in [2.24, 2.45) is 0 Å². The number of esters is 1. The number of ether oxygens (including phenoxy) is 2. The zero-order valence-electron chi connectivity index (χ0n) is 12.9. The van der Waals surface area contributed by atoms with Crippen LogP contribution in [0.3, 0.4) is 0 Å². The van der Waals surface area contributed by atoms with Crippen LogP contribution in [0.25, 0.3) is 0 Å². The van der Waals surface area contributed by atoms with Crippen molar-refractivity contribution >= 4 is 17.6 Å². The highest BCUT2D eigenvalue weighted by atomic mass is 35.5. The molecule has 0 spiro atoms. The number of carbonyl (C=O) groups is 1. The molecule has 1 atom stereocenters. The Kier molecular flexibility index (Phi) is 8.16. The topological polar surface area (TPSA) is 47.6 Å². The van der Waals surface area contributed by atoms with Gasteiger partial charge in [0.25, 0.3) is 0 Å². The summed E-state index contributed by atoms with van der Waals surface area (Å²) in [6, 6.07) is 5.47. The van der Waals surface area contributed by atoms with Crippen LogP contribution >= 0.6 is 11.6 Å². The van der Waals surface area contributed by atoms with Crippen molar-refractivity contribution in [2.75, 3.05) is 13.2 Å². The van der Waals surface area contributed by atoms with E-state index in [1.165, 1.54) is 0 Å². The van der Waals surface area contributed by atoms with Crippen molar-refractivity contribution in [1.29, 1.82) is 0 Å². The summed E-state index contributed by atoms with van der Waals surface area (Å²) in [5, 5.41) is 3.93. The number of hydrogen-bond acceptors (Lipinski definition) is 4. The normalized spacial score (nSPS) is 12.0. The summed E-state index contributed by atoms with van der Waals surface area (Å²) in [6.45, 7) is 7.64. The Hall–Kier alpha value is -1.26. The summed E-state index contributed by atoms with van der Waals surface area (Å²) < 4.78 is 10.8. The minimum Gasteiger partial charge on any atom is -0.478 e. The average molecular weight is 314 g/mol. The highest BCUT2D eigenvalue weighted by Crippen LogP contribution is 2.27. The standard InChI is InChI=1S/C16H24ClNO3/c1-4-10-18-11-12-13(17)8-7-9-15(12)21-14(5-2)16(19)20-6-3/h7-9,14,18H,4-6,10-11H2,1-3H3. The second-order valence-electron chi connectivity index (χ2n) is 4.66. The van der Waals surface area contributed by atoms with E-state index in [1.54, 1.807) is 6.92 Å². The van der Waals surface area contributed by atoms with Crippen LogP contribution in [0.15, 0.2) is 18.2 Å². The van der Waals surface area contributed by atoms with E-state index < -0.39 is 6.10 Å². The Morgan fingerprint density at radius 1 is 1.33 bits per heavy atom. The van der Waals surface area contributed by atoms with Gasteiger partial charge in [0.05, 0.1) is 6.61 Å². The first-order chi connectivity index (χ1) is 10.1. The molecule has 0 radical (unpaired) electrons. The van der Waals surface area contributed by atoms with Gasteiger partial charge in [0.1, 0.15) is 5.75 Å². The summed E-state index contributed by atoms with van der Waals surface area (Å²) >= 11 is 6.24. The Morgan fingerprint density at radius 2 is 2.10 bits per heavy atom. The first kappa shape index (κ1) is 17.8. The van der Waals surface area contributed by atoms with Crippen molar-refractivity contribution in [3.63, 3.8) is 0 Å². The first-order valence-corrected chi connectivity index (χ1v) is 7.83. The van der Waals surface area contributed by atoms with Gasteiger partial charge in [-0.2, -0.15) is 0 Å². The molecule has 1 rings (SSSR count). The van der Waals surface area contributed by atoms with E-state index in [1.807, 2.05) is 25.1 Å². The third kappa shape index (κ3) is 5.56. The van der Waals surface area contributed by atoms with Gasteiger partial charge in [-0.15, -0.1) is 0 Å². The average Bonchev–Trinajstić information content (AvgIpc) is 2.47. The molecule has 4 nitrogen and oxygen atoms in total. The van der Waals surface area contributed by atoms with Gasteiger partial charge in [0.15, 0.2) is 6.10 Å². The SMILES string of the molecule is CCCNCc1c(Cl)cccc1OC(CC)C(=O)OCC. The van der Waals surface area contributed by atoms with Gasteiger partial charge in [-0.05, 0) is 38.4 Å². The zero-order valence-corrected chi connectivity index (χ0v) is 13.7. The molecule has 0 amide bonds. The molecule has 0 aliphatic rings. The van der Waals surface area contributed by atoms with Crippen LogP contribution in [0.1, 0.15) is 39.2 Å². The van der Waals surface area contributed by atoms with Gasteiger partial charge < -0.3 is 14.8 Å². The summed E-state index contributed by atoms with van der Waals surface area (Å²) in [5.41, 5.74) is 0.871. The van der Waals surface area contributed by atoms with Gasteiger partial charge in [0, 0.05) is 17.1 Å². The van der Waals surface area contributed by atoms with Gasteiger partial charge in [-0.25, -0.2) is 4.79 Å². The lowest BCUT2D eigenvalue weighted by Crippen LogP contribution is -2.29. The van der Waals surface area contributed by atoms with Crippen LogP contribution in [0.2, 0.25) is 5.02 Å². The highest BCUT2D eigenvalue weighted by Gasteiger charge is 2.21. The Bertz CT molecular complexity index is 451. The molecule has 0 saturated heterocycles. The lowest BCUT2D eigenvalue weighted by Gasteiger charge is -2.19. The molecule has 0 aromatic heterocycles. The number of carbonyl (C=O) groups excluding carboxylic acids is 1. The number of benzene rings is 1. The predicted octanol–water partition coefficient (Wildman–Crippen LogP) is 3.56. The summed E-state index contributed by atoms with van der Waals surface area (Å²) in [4.78, 5) is 11.8. The number of hydrogen-bond donors (Lipinski definition) is 1. The Balaban J connectivity index is 2.85. The molecule has 0 aliphatic heterocycles. The Morgan fingerprint density at radius 3 is 2.71 bits per heavy atom. The smallest absolute Gasteiger partial charge is 0.347 e. The molecule has 0 saturated carbocycles. The fraction of sp³-hybridized carbons (Fsp3) is 0.562. The van der Waals surface area contributed by atoms with Crippen LogP contribution in [-0.2, 0) is 16.1 Å². The first-order valence-electron chi connectivity index (χ1n) is 7.45. The number of rotatable bonds is 9. The molecular formula is C16H24ClNO3. The molecule has 21 heavy (non-hydrogen) atoms. The third-order valence-electron chi connectivity index (χ3n) is 2.99. The van der Waals surface area contributed by atoms with E-state index in [0.29, 0.717) is 30.3 Å². The van der Waals surface area contributed by atoms with Crippen LogP contribution in [0.5, 0.6) is 5.75 Å². The minimum absolute atomic E-state index is 0.340. The van der Waals surface area contributed by atoms with Crippen molar-refractivity contribution in [2.45, 2.75) is 46.3 Å². The monoisotopic (exact) mass is 313 g/mol. The molecule has 5 heteroatoms. The van der Waals surface area contributed by atoms with Crippen molar-refractivity contribution in [3.05, 3.63) is 28.8 Å². The largest absolute Gasteiger partial charge is 0.478 e. The summed E-state index contributed by atoms with van der Waals surface area (Å²) in [5.74, 6) is 0.290. The molecule has 0 fully saturated rings. The van der Waals surface area contributed by atoms with Gasteiger partial charge in [-0.3, -0.25) is 0 Å². The maximum absolute atomic E-state index is 11.8. The maximum atomic E-state index is 11.8. The van der Waals surface area contributed by atoms with Crippen molar-refractivity contribution < 1.29 is 14.3 Å². The summed E-state index contributed by atoms with van der Waals surface area (Å²) in [6.07, 6.45) is 0.988. The molecule has 1 N–H and O–H groups in total. The van der Waals surface area contributed by atoms with E-state index in [4.69, 9.17) is 21.1 Å². The molecule has 1 unspecified atom stereocenters.